The molecule has 0 saturated heterocycles. The summed E-state index contributed by atoms with van der Waals surface area (Å²) in [5.74, 6) is 0.677. The lowest BCUT2D eigenvalue weighted by Gasteiger charge is -2.20. The maximum Gasteiger partial charge on any atom is 0.140 e. The molecular formula is C17H27N3. The molecule has 0 amide bonds. The van der Waals surface area contributed by atoms with Crippen LogP contribution in [0.25, 0.3) is 11.0 Å². The summed E-state index contributed by atoms with van der Waals surface area (Å²) in [7, 11) is 0. The third kappa shape index (κ3) is 3.60. The van der Waals surface area contributed by atoms with Crippen molar-refractivity contribution < 1.29 is 0 Å². The molecule has 0 aliphatic carbocycles. The van der Waals surface area contributed by atoms with Gasteiger partial charge in [0.05, 0.1) is 0 Å². The number of hydrogen-bond acceptors (Lipinski definition) is 2. The second kappa shape index (κ2) is 5.96. The van der Waals surface area contributed by atoms with Gasteiger partial charge in [0.2, 0.25) is 0 Å². The normalized spacial score (nSPS) is 13.8. The molecule has 2 aromatic rings. The van der Waals surface area contributed by atoms with E-state index in [-0.39, 0.29) is 5.54 Å². The molecule has 2 rings (SSSR count). The van der Waals surface area contributed by atoms with Gasteiger partial charge in [-0.3, -0.25) is 0 Å². The summed E-state index contributed by atoms with van der Waals surface area (Å²) in [5, 5.41) is 4.84. The van der Waals surface area contributed by atoms with Gasteiger partial charge < -0.3 is 9.88 Å². The van der Waals surface area contributed by atoms with E-state index in [4.69, 9.17) is 0 Å². The van der Waals surface area contributed by atoms with Gasteiger partial charge in [-0.2, -0.15) is 0 Å². The molecule has 0 saturated carbocycles. The van der Waals surface area contributed by atoms with Crippen LogP contribution in [0.3, 0.4) is 0 Å². The fourth-order valence-electron chi connectivity index (χ4n) is 2.30. The minimum Gasteiger partial charge on any atom is -0.332 e. The first-order chi connectivity index (χ1) is 9.40. The van der Waals surface area contributed by atoms with Crippen LogP contribution in [-0.4, -0.2) is 15.1 Å². The molecule has 1 unspecified atom stereocenters. The monoisotopic (exact) mass is 273 g/mol. The number of hydrogen-bond donors (Lipinski definition) is 1. The first-order valence-corrected chi connectivity index (χ1v) is 7.58. The minimum atomic E-state index is 0.132. The van der Waals surface area contributed by atoms with Gasteiger partial charge in [0.1, 0.15) is 5.65 Å². The van der Waals surface area contributed by atoms with E-state index < -0.39 is 0 Å². The van der Waals surface area contributed by atoms with Crippen LogP contribution in [0.15, 0.2) is 24.5 Å². The highest BCUT2D eigenvalue weighted by molar-refractivity contribution is 5.80. The zero-order valence-corrected chi connectivity index (χ0v) is 13.4. The Hall–Kier alpha value is -1.35. The predicted molar refractivity (Wildman–Crippen MR) is 85.8 cm³/mol. The first-order valence-electron chi connectivity index (χ1n) is 7.58. The van der Waals surface area contributed by atoms with Gasteiger partial charge in [0.15, 0.2) is 0 Å². The van der Waals surface area contributed by atoms with Crippen LogP contribution in [0.5, 0.6) is 0 Å². The molecule has 0 spiro atoms. The van der Waals surface area contributed by atoms with Crippen molar-refractivity contribution in [2.75, 3.05) is 0 Å². The molecule has 0 radical (unpaired) electrons. The van der Waals surface area contributed by atoms with Crippen molar-refractivity contribution in [3.63, 3.8) is 0 Å². The number of nitrogens with zero attached hydrogens (tertiary/aromatic N) is 2. The highest BCUT2D eigenvalue weighted by atomic mass is 15.0. The van der Waals surface area contributed by atoms with Gasteiger partial charge in [-0.1, -0.05) is 20.3 Å². The second-order valence-corrected chi connectivity index (χ2v) is 6.80. The molecule has 1 N–H and O–H groups in total. The summed E-state index contributed by atoms with van der Waals surface area (Å²) in [4.78, 5) is 4.57. The Morgan fingerprint density at radius 1 is 1.35 bits per heavy atom. The van der Waals surface area contributed by atoms with Crippen molar-refractivity contribution in [1.29, 1.82) is 0 Å². The number of fused-ring (bicyclic) bond motifs is 1. The van der Waals surface area contributed by atoms with Crippen molar-refractivity contribution in [3.8, 4) is 0 Å². The Morgan fingerprint density at radius 3 is 2.75 bits per heavy atom. The molecule has 0 fully saturated rings. The number of rotatable bonds is 5. The van der Waals surface area contributed by atoms with Gasteiger partial charge >= 0.3 is 0 Å². The lowest BCUT2D eigenvalue weighted by molar-refractivity contribution is 0.424. The second-order valence-electron chi connectivity index (χ2n) is 6.80. The van der Waals surface area contributed by atoms with Gasteiger partial charge in [-0.25, -0.2) is 4.98 Å². The molecule has 1 atom stereocenters. The molecule has 2 heterocycles. The molecule has 110 valence electrons. The summed E-state index contributed by atoms with van der Waals surface area (Å²) >= 11 is 0. The smallest absolute Gasteiger partial charge is 0.140 e. The molecule has 3 nitrogen and oxygen atoms in total. The predicted octanol–water partition coefficient (Wildman–Crippen LogP) is 3.97. The van der Waals surface area contributed by atoms with E-state index in [0.717, 1.165) is 18.7 Å². The molecule has 0 bridgehead atoms. The van der Waals surface area contributed by atoms with E-state index in [1.807, 2.05) is 12.3 Å². The SMILES string of the molecule is CCC(C)Cn1cc(CNC(C)(C)C)c2cccnc21. The lowest BCUT2D eigenvalue weighted by Crippen LogP contribution is -2.35. The van der Waals surface area contributed by atoms with Crippen molar-refractivity contribution in [2.45, 2.75) is 59.7 Å². The molecule has 20 heavy (non-hydrogen) atoms. The Bertz CT molecular complexity index is 563. The maximum atomic E-state index is 4.57. The maximum absolute atomic E-state index is 4.57. The Morgan fingerprint density at radius 2 is 2.10 bits per heavy atom. The van der Waals surface area contributed by atoms with E-state index in [1.54, 1.807) is 0 Å². The largest absolute Gasteiger partial charge is 0.332 e. The van der Waals surface area contributed by atoms with Crippen LogP contribution >= 0.6 is 0 Å². The van der Waals surface area contributed by atoms with Crippen molar-refractivity contribution in [2.24, 2.45) is 5.92 Å². The van der Waals surface area contributed by atoms with Gasteiger partial charge in [0.25, 0.3) is 0 Å². The number of aromatic nitrogens is 2. The van der Waals surface area contributed by atoms with Crippen molar-refractivity contribution >= 4 is 11.0 Å². The average molecular weight is 273 g/mol. The van der Waals surface area contributed by atoms with Gasteiger partial charge in [-0.15, -0.1) is 0 Å². The average Bonchev–Trinajstić information content (AvgIpc) is 2.74. The molecule has 3 heteroatoms. The zero-order valence-electron chi connectivity index (χ0n) is 13.4. The summed E-state index contributed by atoms with van der Waals surface area (Å²) in [6.45, 7) is 13.1. The topological polar surface area (TPSA) is 29.9 Å². The van der Waals surface area contributed by atoms with Crippen LogP contribution in [0.2, 0.25) is 0 Å². The molecule has 0 aliphatic rings. The summed E-state index contributed by atoms with van der Waals surface area (Å²) in [6, 6.07) is 4.20. The number of nitrogens with one attached hydrogen (secondary N) is 1. The van der Waals surface area contributed by atoms with Gasteiger partial charge in [-0.05, 0) is 44.4 Å². The van der Waals surface area contributed by atoms with E-state index in [9.17, 15) is 0 Å². The molecule has 0 aliphatic heterocycles. The van der Waals surface area contributed by atoms with Crippen LogP contribution in [0.4, 0.5) is 0 Å². The highest BCUT2D eigenvalue weighted by Crippen LogP contribution is 2.21. The van der Waals surface area contributed by atoms with Gasteiger partial charge in [0, 0.05) is 36.4 Å². The first kappa shape index (κ1) is 15.0. The minimum absolute atomic E-state index is 0.132. The zero-order chi connectivity index (χ0) is 14.8. The quantitative estimate of drug-likeness (QED) is 0.893. The Balaban J connectivity index is 2.30. The van der Waals surface area contributed by atoms with Crippen LogP contribution in [-0.2, 0) is 13.1 Å². The van der Waals surface area contributed by atoms with E-state index in [1.165, 1.54) is 17.4 Å². The van der Waals surface area contributed by atoms with E-state index >= 15 is 0 Å². The highest BCUT2D eigenvalue weighted by Gasteiger charge is 2.14. The number of pyridine rings is 1. The third-order valence-corrected chi connectivity index (χ3v) is 3.73. The summed E-state index contributed by atoms with van der Waals surface area (Å²) in [5.41, 5.74) is 2.58. The van der Waals surface area contributed by atoms with Crippen molar-refractivity contribution in [3.05, 3.63) is 30.1 Å². The van der Waals surface area contributed by atoms with Crippen LogP contribution in [0, 0.1) is 5.92 Å². The van der Waals surface area contributed by atoms with Crippen molar-refractivity contribution in [1.82, 2.24) is 14.9 Å². The fourth-order valence-corrected chi connectivity index (χ4v) is 2.30. The van der Waals surface area contributed by atoms with Crippen LogP contribution in [0.1, 0.15) is 46.6 Å². The fraction of sp³-hybridized carbons (Fsp3) is 0.588. The standard InChI is InChI=1S/C17H27N3/c1-6-13(2)11-20-12-14(10-19-17(3,4)5)15-8-7-9-18-16(15)20/h7-9,12-13,19H,6,10-11H2,1-5H3. The molecular weight excluding hydrogens is 246 g/mol. The Labute approximate surface area is 122 Å². The summed E-state index contributed by atoms with van der Waals surface area (Å²) < 4.78 is 2.31. The summed E-state index contributed by atoms with van der Waals surface area (Å²) in [6.07, 6.45) is 5.35. The Kier molecular flexibility index (Phi) is 4.48. The van der Waals surface area contributed by atoms with E-state index in [2.05, 4.69) is 61.7 Å². The van der Waals surface area contributed by atoms with E-state index in [0.29, 0.717) is 5.92 Å². The molecule has 2 aromatic heterocycles. The van der Waals surface area contributed by atoms with Crippen LogP contribution < -0.4 is 5.32 Å². The molecule has 0 aromatic carbocycles. The third-order valence-electron chi connectivity index (χ3n) is 3.73. The lowest BCUT2D eigenvalue weighted by atomic mass is 10.1.